The molecule has 21 heavy (non-hydrogen) atoms. The summed E-state index contributed by atoms with van der Waals surface area (Å²) in [4.78, 5) is 0. The normalized spacial score (nSPS) is 19.7. The van der Waals surface area contributed by atoms with Crippen molar-refractivity contribution in [1.82, 2.24) is 5.43 Å². The summed E-state index contributed by atoms with van der Waals surface area (Å²) in [6.45, 7) is 2.47. The van der Waals surface area contributed by atoms with E-state index in [1.807, 2.05) is 6.92 Å². The first-order valence-corrected chi connectivity index (χ1v) is 7.20. The van der Waals surface area contributed by atoms with E-state index in [9.17, 15) is 13.2 Å². The van der Waals surface area contributed by atoms with Gasteiger partial charge in [-0.05, 0) is 37.5 Å². The molecule has 1 aromatic rings. The minimum atomic E-state index is -4.32. The third kappa shape index (κ3) is 3.39. The van der Waals surface area contributed by atoms with Crippen LogP contribution in [0.2, 0.25) is 0 Å². The zero-order valence-electron chi connectivity index (χ0n) is 12.0. The van der Waals surface area contributed by atoms with E-state index in [0.29, 0.717) is 6.61 Å². The number of rotatable bonds is 5. The molecule has 1 fully saturated rings. The van der Waals surface area contributed by atoms with Crippen LogP contribution in [0.3, 0.4) is 0 Å². The number of nitrogens with two attached hydrogens (primary N) is 1. The molecular formula is C15H21F3N2O. The van der Waals surface area contributed by atoms with Gasteiger partial charge in [-0.25, -0.2) is 0 Å². The van der Waals surface area contributed by atoms with E-state index in [0.717, 1.165) is 43.4 Å². The van der Waals surface area contributed by atoms with Gasteiger partial charge in [0.2, 0.25) is 0 Å². The number of halogens is 3. The summed E-state index contributed by atoms with van der Waals surface area (Å²) in [5.74, 6) is 5.67. The van der Waals surface area contributed by atoms with Crippen LogP contribution in [0, 0.1) is 0 Å². The summed E-state index contributed by atoms with van der Waals surface area (Å²) >= 11 is 0. The van der Waals surface area contributed by atoms with Gasteiger partial charge in [0.05, 0.1) is 17.2 Å². The largest absolute Gasteiger partial charge is 0.416 e. The van der Waals surface area contributed by atoms with Crippen LogP contribution in [0.25, 0.3) is 0 Å². The second-order valence-electron chi connectivity index (χ2n) is 5.42. The molecule has 0 bridgehead atoms. The highest BCUT2D eigenvalue weighted by atomic mass is 19.4. The molecule has 0 amide bonds. The molecule has 2 rings (SSSR count). The fraction of sp³-hybridized carbons (Fsp3) is 0.600. The maximum Gasteiger partial charge on any atom is 0.416 e. The fourth-order valence-electron chi connectivity index (χ4n) is 3.19. The number of hydrazine groups is 1. The fourth-order valence-corrected chi connectivity index (χ4v) is 3.19. The van der Waals surface area contributed by atoms with E-state index in [2.05, 4.69) is 5.43 Å². The minimum Gasteiger partial charge on any atom is -0.373 e. The summed E-state index contributed by atoms with van der Waals surface area (Å²) in [5.41, 5.74) is 2.38. The Morgan fingerprint density at radius 2 is 1.81 bits per heavy atom. The average Bonchev–Trinajstić information content (AvgIpc) is 2.89. The second kappa shape index (κ2) is 6.34. The van der Waals surface area contributed by atoms with Crippen LogP contribution in [0.4, 0.5) is 13.2 Å². The van der Waals surface area contributed by atoms with Crippen molar-refractivity contribution in [2.24, 2.45) is 5.84 Å². The van der Waals surface area contributed by atoms with E-state index in [4.69, 9.17) is 10.6 Å². The molecule has 0 radical (unpaired) electrons. The van der Waals surface area contributed by atoms with Crippen molar-refractivity contribution >= 4 is 0 Å². The number of hydrogen-bond donors (Lipinski definition) is 2. The van der Waals surface area contributed by atoms with E-state index < -0.39 is 17.3 Å². The van der Waals surface area contributed by atoms with E-state index in [-0.39, 0.29) is 6.04 Å². The summed E-state index contributed by atoms with van der Waals surface area (Å²) < 4.78 is 43.8. The van der Waals surface area contributed by atoms with Gasteiger partial charge in [0.15, 0.2) is 0 Å². The molecule has 1 aliphatic carbocycles. The highest BCUT2D eigenvalue weighted by Crippen LogP contribution is 2.43. The Hall–Kier alpha value is -1.11. The van der Waals surface area contributed by atoms with Gasteiger partial charge in [0.25, 0.3) is 0 Å². The van der Waals surface area contributed by atoms with Crippen molar-refractivity contribution in [2.45, 2.75) is 50.4 Å². The second-order valence-corrected chi connectivity index (χ2v) is 5.42. The number of nitrogens with one attached hydrogen (secondary N) is 1. The van der Waals surface area contributed by atoms with Crippen molar-refractivity contribution in [3.63, 3.8) is 0 Å². The predicted molar refractivity (Wildman–Crippen MR) is 74.3 cm³/mol. The Kier molecular flexibility index (Phi) is 4.91. The molecule has 1 aliphatic rings. The van der Waals surface area contributed by atoms with Crippen molar-refractivity contribution in [2.75, 3.05) is 6.61 Å². The third-order valence-corrected chi connectivity index (χ3v) is 4.15. The van der Waals surface area contributed by atoms with Gasteiger partial charge in [0.1, 0.15) is 0 Å². The van der Waals surface area contributed by atoms with Gasteiger partial charge < -0.3 is 4.74 Å². The first-order valence-electron chi connectivity index (χ1n) is 7.20. The summed E-state index contributed by atoms with van der Waals surface area (Å²) in [6, 6.07) is 4.84. The van der Waals surface area contributed by atoms with Crippen molar-refractivity contribution in [1.29, 1.82) is 0 Å². The number of hydrogen-bond acceptors (Lipinski definition) is 3. The molecule has 1 aromatic carbocycles. The Labute approximate surface area is 122 Å². The van der Waals surface area contributed by atoms with Crippen LogP contribution in [0.1, 0.15) is 49.8 Å². The Morgan fingerprint density at radius 3 is 2.24 bits per heavy atom. The lowest BCUT2D eigenvalue weighted by molar-refractivity contribution is -0.137. The smallest absolute Gasteiger partial charge is 0.373 e. The topological polar surface area (TPSA) is 47.3 Å². The Balaban J connectivity index is 2.28. The zero-order valence-corrected chi connectivity index (χ0v) is 12.0. The predicted octanol–water partition coefficient (Wildman–Crippen LogP) is 3.56. The molecule has 0 aliphatic heterocycles. The van der Waals surface area contributed by atoms with Crippen LogP contribution in [-0.4, -0.2) is 12.2 Å². The zero-order chi connectivity index (χ0) is 15.5. The van der Waals surface area contributed by atoms with Crippen LogP contribution >= 0.6 is 0 Å². The van der Waals surface area contributed by atoms with Crippen molar-refractivity contribution in [3.8, 4) is 0 Å². The first-order chi connectivity index (χ1) is 9.93. The van der Waals surface area contributed by atoms with E-state index in [1.165, 1.54) is 12.1 Å². The Morgan fingerprint density at radius 1 is 1.24 bits per heavy atom. The van der Waals surface area contributed by atoms with Gasteiger partial charge >= 0.3 is 6.18 Å². The molecule has 1 unspecified atom stereocenters. The van der Waals surface area contributed by atoms with Gasteiger partial charge in [-0.3, -0.25) is 11.3 Å². The molecular weight excluding hydrogens is 281 g/mol. The van der Waals surface area contributed by atoms with Crippen LogP contribution < -0.4 is 11.3 Å². The van der Waals surface area contributed by atoms with E-state index >= 15 is 0 Å². The quantitative estimate of drug-likeness (QED) is 0.646. The SMILES string of the molecule is CCOC1(C(NN)c2ccc(C(F)(F)F)cc2)CCCC1. The molecule has 0 spiro atoms. The van der Waals surface area contributed by atoms with Gasteiger partial charge in [0, 0.05) is 6.61 Å². The highest BCUT2D eigenvalue weighted by Gasteiger charge is 2.42. The average molecular weight is 302 g/mol. The van der Waals surface area contributed by atoms with Crippen LogP contribution in [-0.2, 0) is 10.9 Å². The van der Waals surface area contributed by atoms with Gasteiger partial charge in [-0.2, -0.15) is 13.2 Å². The lowest BCUT2D eigenvalue weighted by Crippen LogP contribution is -2.47. The molecule has 0 saturated heterocycles. The minimum absolute atomic E-state index is 0.303. The van der Waals surface area contributed by atoms with Crippen molar-refractivity contribution in [3.05, 3.63) is 35.4 Å². The van der Waals surface area contributed by atoms with E-state index in [1.54, 1.807) is 0 Å². The first kappa shape index (κ1) is 16.3. The van der Waals surface area contributed by atoms with Crippen molar-refractivity contribution < 1.29 is 17.9 Å². The lowest BCUT2D eigenvalue weighted by Gasteiger charge is -2.37. The number of benzene rings is 1. The monoisotopic (exact) mass is 302 g/mol. The maximum atomic E-state index is 12.6. The summed E-state index contributed by atoms with van der Waals surface area (Å²) in [5, 5.41) is 0. The van der Waals surface area contributed by atoms with Crippen LogP contribution in [0.5, 0.6) is 0 Å². The van der Waals surface area contributed by atoms with Gasteiger partial charge in [-0.15, -0.1) is 0 Å². The standard InChI is InChI=1S/C15H21F3N2O/c1-2-21-14(9-3-4-10-14)13(20-19)11-5-7-12(8-6-11)15(16,17)18/h5-8,13,20H,2-4,9-10,19H2,1H3. The third-order valence-electron chi connectivity index (χ3n) is 4.15. The Bertz CT molecular complexity index is 453. The molecule has 0 aromatic heterocycles. The maximum absolute atomic E-state index is 12.6. The molecule has 118 valence electrons. The molecule has 1 atom stereocenters. The molecule has 3 nitrogen and oxygen atoms in total. The summed E-state index contributed by atoms with van der Waals surface area (Å²) in [6.07, 6.45) is -0.528. The lowest BCUT2D eigenvalue weighted by atomic mass is 9.86. The molecule has 3 N–H and O–H groups in total. The molecule has 1 saturated carbocycles. The summed E-state index contributed by atoms with van der Waals surface area (Å²) in [7, 11) is 0. The highest BCUT2D eigenvalue weighted by molar-refractivity contribution is 5.29. The molecule has 0 heterocycles. The number of alkyl halides is 3. The van der Waals surface area contributed by atoms with Gasteiger partial charge in [-0.1, -0.05) is 25.0 Å². The number of ether oxygens (including phenoxy) is 1. The molecule has 6 heteroatoms. The van der Waals surface area contributed by atoms with Crippen LogP contribution in [0.15, 0.2) is 24.3 Å².